The number of rotatable bonds is 8. The Kier molecular flexibility index (Phi) is 6.56. The van der Waals surface area contributed by atoms with E-state index in [-0.39, 0.29) is 5.41 Å². The Morgan fingerprint density at radius 2 is 1.81 bits per heavy atom. The SMILES string of the molecule is CCCC(C)(CCS(C)(=O)=O)CNC(C)C. The summed E-state index contributed by atoms with van der Waals surface area (Å²) in [5.41, 5.74) is 0.0993. The summed E-state index contributed by atoms with van der Waals surface area (Å²) in [5, 5.41) is 3.41. The van der Waals surface area contributed by atoms with Gasteiger partial charge in [0, 0.05) is 18.8 Å². The monoisotopic (exact) mass is 249 g/mol. The van der Waals surface area contributed by atoms with Crippen molar-refractivity contribution < 1.29 is 8.42 Å². The first kappa shape index (κ1) is 15.9. The number of sulfone groups is 1. The van der Waals surface area contributed by atoms with E-state index in [0.717, 1.165) is 25.8 Å². The maximum atomic E-state index is 11.2. The Labute approximate surface area is 101 Å². The molecule has 0 aromatic heterocycles. The van der Waals surface area contributed by atoms with Gasteiger partial charge in [-0.05, 0) is 18.3 Å². The fourth-order valence-corrected chi connectivity index (χ4v) is 2.65. The zero-order chi connectivity index (χ0) is 12.8. The van der Waals surface area contributed by atoms with Crippen LogP contribution in [0.15, 0.2) is 0 Å². The molecular weight excluding hydrogens is 222 g/mol. The van der Waals surface area contributed by atoms with Crippen molar-refractivity contribution in [2.45, 2.75) is 53.0 Å². The van der Waals surface area contributed by atoms with Crippen LogP contribution in [0.2, 0.25) is 0 Å². The molecule has 0 radical (unpaired) electrons. The summed E-state index contributed by atoms with van der Waals surface area (Å²) >= 11 is 0. The van der Waals surface area contributed by atoms with Gasteiger partial charge < -0.3 is 5.32 Å². The second kappa shape index (κ2) is 6.60. The molecule has 1 unspecified atom stereocenters. The molecule has 0 amide bonds. The molecule has 0 aromatic carbocycles. The second-order valence-corrected chi connectivity index (χ2v) is 7.74. The minimum absolute atomic E-state index is 0.0993. The first-order valence-electron chi connectivity index (χ1n) is 6.09. The largest absolute Gasteiger partial charge is 0.314 e. The number of nitrogens with one attached hydrogen (secondary N) is 1. The van der Waals surface area contributed by atoms with Crippen LogP contribution < -0.4 is 5.32 Å². The van der Waals surface area contributed by atoms with E-state index in [1.807, 2.05) is 0 Å². The molecule has 0 heterocycles. The third kappa shape index (κ3) is 8.11. The first-order valence-corrected chi connectivity index (χ1v) is 8.16. The van der Waals surface area contributed by atoms with Gasteiger partial charge in [-0.3, -0.25) is 0 Å². The van der Waals surface area contributed by atoms with E-state index >= 15 is 0 Å². The van der Waals surface area contributed by atoms with E-state index < -0.39 is 9.84 Å². The molecule has 0 rings (SSSR count). The van der Waals surface area contributed by atoms with Crippen LogP contribution in [0.5, 0.6) is 0 Å². The molecule has 1 N–H and O–H groups in total. The fourth-order valence-electron chi connectivity index (χ4n) is 1.79. The van der Waals surface area contributed by atoms with Gasteiger partial charge in [0.05, 0.1) is 5.75 Å². The summed E-state index contributed by atoms with van der Waals surface area (Å²) in [5.74, 6) is 0.295. The molecule has 0 aliphatic carbocycles. The van der Waals surface area contributed by atoms with Crippen LogP contribution in [0.25, 0.3) is 0 Å². The predicted octanol–water partition coefficient (Wildman–Crippen LogP) is 2.23. The highest BCUT2D eigenvalue weighted by Gasteiger charge is 2.24. The quantitative estimate of drug-likeness (QED) is 0.717. The molecule has 0 aromatic rings. The first-order chi connectivity index (χ1) is 7.18. The smallest absolute Gasteiger partial charge is 0.147 e. The third-order valence-electron chi connectivity index (χ3n) is 2.87. The lowest BCUT2D eigenvalue weighted by atomic mass is 9.82. The van der Waals surface area contributed by atoms with Crippen molar-refractivity contribution in [3.05, 3.63) is 0 Å². The van der Waals surface area contributed by atoms with Crippen LogP contribution >= 0.6 is 0 Å². The normalized spacial score (nSPS) is 16.4. The van der Waals surface area contributed by atoms with E-state index in [0.29, 0.717) is 11.8 Å². The molecule has 0 fully saturated rings. The van der Waals surface area contributed by atoms with Crippen molar-refractivity contribution >= 4 is 9.84 Å². The van der Waals surface area contributed by atoms with E-state index in [4.69, 9.17) is 0 Å². The second-order valence-electron chi connectivity index (χ2n) is 5.48. The van der Waals surface area contributed by atoms with Crippen LogP contribution in [0.4, 0.5) is 0 Å². The van der Waals surface area contributed by atoms with E-state index in [1.165, 1.54) is 6.26 Å². The van der Waals surface area contributed by atoms with Crippen LogP contribution in [0, 0.1) is 5.41 Å². The summed E-state index contributed by atoms with van der Waals surface area (Å²) in [4.78, 5) is 0. The van der Waals surface area contributed by atoms with Gasteiger partial charge in [0.2, 0.25) is 0 Å². The molecule has 0 saturated heterocycles. The Morgan fingerprint density at radius 3 is 2.19 bits per heavy atom. The highest BCUT2D eigenvalue weighted by Crippen LogP contribution is 2.27. The molecule has 0 bridgehead atoms. The molecule has 16 heavy (non-hydrogen) atoms. The van der Waals surface area contributed by atoms with Crippen LogP contribution in [0.1, 0.15) is 47.0 Å². The topological polar surface area (TPSA) is 46.2 Å². The van der Waals surface area contributed by atoms with E-state index in [9.17, 15) is 8.42 Å². The maximum absolute atomic E-state index is 11.2. The van der Waals surface area contributed by atoms with E-state index in [2.05, 4.69) is 33.0 Å². The standard InChI is InChI=1S/C12H27NO2S/c1-6-7-12(4,10-13-11(2)3)8-9-16(5,14)15/h11,13H,6-10H2,1-5H3. The average Bonchev–Trinajstić information content (AvgIpc) is 2.12. The summed E-state index contributed by atoms with van der Waals surface area (Å²) in [6, 6.07) is 0.453. The van der Waals surface area contributed by atoms with Gasteiger partial charge in [-0.25, -0.2) is 8.42 Å². The Hall–Kier alpha value is -0.0900. The summed E-state index contributed by atoms with van der Waals surface area (Å²) < 4.78 is 22.4. The molecule has 3 nitrogen and oxygen atoms in total. The summed E-state index contributed by atoms with van der Waals surface area (Å²) in [6.45, 7) is 9.45. The predicted molar refractivity (Wildman–Crippen MR) is 70.5 cm³/mol. The van der Waals surface area contributed by atoms with Gasteiger partial charge in [-0.1, -0.05) is 34.1 Å². The van der Waals surface area contributed by atoms with Gasteiger partial charge in [0.1, 0.15) is 9.84 Å². The lowest BCUT2D eigenvalue weighted by molar-refractivity contribution is 0.260. The fraction of sp³-hybridized carbons (Fsp3) is 1.00. The Bertz CT molecular complexity index is 285. The van der Waals surface area contributed by atoms with Gasteiger partial charge >= 0.3 is 0 Å². The lowest BCUT2D eigenvalue weighted by Gasteiger charge is -2.30. The number of hydrogen-bond donors (Lipinski definition) is 1. The van der Waals surface area contributed by atoms with Crippen molar-refractivity contribution in [2.24, 2.45) is 5.41 Å². The maximum Gasteiger partial charge on any atom is 0.147 e. The Balaban J connectivity index is 4.32. The number of hydrogen-bond acceptors (Lipinski definition) is 3. The molecule has 0 aliphatic rings. The van der Waals surface area contributed by atoms with Crippen molar-refractivity contribution in [3.63, 3.8) is 0 Å². The molecule has 0 aliphatic heterocycles. The van der Waals surface area contributed by atoms with Gasteiger partial charge in [0.25, 0.3) is 0 Å². The molecule has 0 saturated carbocycles. The summed E-state index contributed by atoms with van der Waals surface area (Å²) in [6.07, 6.45) is 4.23. The molecular formula is C12H27NO2S. The van der Waals surface area contributed by atoms with Crippen LogP contribution in [-0.4, -0.2) is 33.0 Å². The molecule has 4 heteroatoms. The molecule has 0 spiro atoms. The molecule has 98 valence electrons. The van der Waals surface area contributed by atoms with Crippen LogP contribution in [0.3, 0.4) is 0 Å². The van der Waals surface area contributed by atoms with Crippen LogP contribution in [-0.2, 0) is 9.84 Å². The van der Waals surface area contributed by atoms with Crippen molar-refractivity contribution in [1.82, 2.24) is 5.32 Å². The summed E-state index contributed by atoms with van der Waals surface area (Å²) in [7, 11) is -2.84. The van der Waals surface area contributed by atoms with Crippen molar-refractivity contribution in [1.29, 1.82) is 0 Å². The van der Waals surface area contributed by atoms with Gasteiger partial charge in [-0.2, -0.15) is 0 Å². The highest BCUT2D eigenvalue weighted by atomic mass is 32.2. The minimum Gasteiger partial charge on any atom is -0.314 e. The molecule has 1 atom stereocenters. The Morgan fingerprint density at radius 1 is 1.25 bits per heavy atom. The zero-order valence-electron chi connectivity index (χ0n) is 11.3. The van der Waals surface area contributed by atoms with Gasteiger partial charge in [0.15, 0.2) is 0 Å². The lowest BCUT2D eigenvalue weighted by Crippen LogP contribution is -2.36. The van der Waals surface area contributed by atoms with E-state index in [1.54, 1.807) is 0 Å². The minimum atomic E-state index is -2.84. The zero-order valence-corrected chi connectivity index (χ0v) is 12.2. The van der Waals surface area contributed by atoms with Crippen molar-refractivity contribution in [3.8, 4) is 0 Å². The van der Waals surface area contributed by atoms with Crippen molar-refractivity contribution in [2.75, 3.05) is 18.6 Å². The highest BCUT2D eigenvalue weighted by molar-refractivity contribution is 7.90. The third-order valence-corrected chi connectivity index (χ3v) is 3.81. The average molecular weight is 249 g/mol. The van der Waals surface area contributed by atoms with Gasteiger partial charge in [-0.15, -0.1) is 0 Å².